The largest absolute Gasteiger partial charge is 0.314 e. The molecule has 0 bridgehead atoms. The quantitative estimate of drug-likeness (QED) is 0.678. The van der Waals surface area contributed by atoms with Crippen LogP contribution in [0.25, 0.3) is 0 Å². The molecule has 2 atom stereocenters. The second-order valence-electron chi connectivity index (χ2n) is 5.67. The molecule has 0 aromatic carbocycles. The number of nitrogens with one attached hydrogen (secondary N) is 1. The van der Waals surface area contributed by atoms with E-state index in [-0.39, 0.29) is 0 Å². The van der Waals surface area contributed by atoms with E-state index in [0.717, 1.165) is 24.4 Å². The molecule has 0 aromatic heterocycles. The zero-order chi connectivity index (χ0) is 11.8. The molecule has 0 aromatic rings. The first-order valence-corrected chi connectivity index (χ1v) is 7.51. The maximum atomic E-state index is 3.71. The van der Waals surface area contributed by atoms with Crippen molar-refractivity contribution < 1.29 is 0 Å². The molecule has 0 aliphatic heterocycles. The third-order valence-corrected chi connectivity index (χ3v) is 4.21. The molecular formula is C15H31N. The SMILES string of the molecule is CCCC(C)C(CC1CCCCC1)NCC. The van der Waals surface area contributed by atoms with Gasteiger partial charge >= 0.3 is 0 Å². The molecule has 0 amide bonds. The summed E-state index contributed by atoms with van der Waals surface area (Å²) in [6.45, 7) is 8.11. The van der Waals surface area contributed by atoms with Crippen molar-refractivity contribution in [3.05, 3.63) is 0 Å². The van der Waals surface area contributed by atoms with Gasteiger partial charge in [-0.25, -0.2) is 0 Å². The maximum Gasteiger partial charge on any atom is 0.00952 e. The van der Waals surface area contributed by atoms with Gasteiger partial charge in [0.25, 0.3) is 0 Å². The number of rotatable bonds is 7. The van der Waals surface area contributed by atoms with E-state index < -0.39 is 0 Å². The highest BCUT2D eigenvalue weighted by molar-refractivity contribution is 4.78. The molecular weight excluding hydrogens is 194 g/mol. The fourth-order valence-corrected chi connectivity index (χ4v) is 3.22. The minimum atomic E-state index is 0.771. The van der Waals surface area contributed by atoms with Crippen LogP contribution in [-0.2, 0) is 0 Å². The molecule has 0 spiro atoms. The number of hydrogen-bond acceptors (Lipinski definition) is 1. The molecule has 16 heavy (non-hydrogen) atoms. The van der Waals surface area contributed by atoms with Crippen molar-refractivity contribution in [3.63, 3.8) is 0 Å². The summed E-state index contributed by atoms with van der Waals surface area (Å²) in [5.41, 5.74) is 0. The minimum Gasteiger partial charge on any atom is -0.314 e. The maximum absolute atomic E-state index is 3.71. The van der Waals surface area contributed by atoms with Gasteiger partial charge in [-0.3, -0.25) is 0 Å². The zero-order valence-corrected chi connectivity index (χ0v) is 11.6. The van der Waals surface area contributed by atoms with Crippen LogP contribution < -0.4 is 5.32 Å². The normalized spacial score (nSPS) is 21.9. The molecule has 0 saturated heterocycles. The summed E-state index contributed by atoms with van der Waals surface area (Å²) in [4.78, 5) is 0. The van der Waals surface area contributed by atoms with Gasteiger partial charge in [-0.1, -0.05) is 59.3 Å². The van der Waals surface area contributed by atoms with Gasteiger partial charge in [-0.05, 0) is 31.2 Å². The number of hydrogen-bond donors (Lipinski definition) is 1. The van der Waals surface area contributed by atoms with Gasteiger partial charge in [-0.15, -0.1) is 0 Å². The van der Waals surface area contributed by atoms with Crippen LogP contribution >= 0.6 is 0 Å². The lowest BCUT2D eigenvalue weighted by Gasteiger charge is -2.30. The Hall–Kier alpha value is -0.0400. The highest BCUT2D eigenvalue weighted by Gasteiger charge is 2.21. The average molecular weight is 225 g/mol. The molecule has 96 valence electrons. The predicted octanol–water partition coefficient (Wildman–Crippen LogP) is 4.37. The smallest absolute Gasteiger partial charge is 0.00952 e. The second kappa shape index (κ2) is 8.11. The zero-order valence-electron chi connectivity index (χ0n) is 11.6. The Kier molecular flexibility index (Phi) is 7.11. The Balaban J connectivity index is 2.35. The van der Waals surface area contributed by atoms with Crippen LogP contribution in [-0.4, -0.2) is 12.6 Å². The molecule has 1 fully saturated rings. The van der Waals surface area contributed by atoms with Crippen molar-refractivity contribution in [2.75, 3.05) is 6.54 Å². The van der Waals surface area contributed by atoms with Crippen molar-refractivity contribution in [3.8, 4) is 0 Å². The van der Waals surface area contributed by atoms with Crippen molar-refractivity contribution in [1.29, 1.82) is 0 Å². The summed E-state index contributed by atoms with van der Waals surface area (Å²) < 4.78 is 0. The van der Waals surface area contributed by atoms with Gasteiger partial charge in [0.1, 0.15) is 0 Å². The van der Waals surface area contributed by atoms with E-state index in [0.29, 0.717) is 0 Å². The first-order chi connectivity index (χ1) is 7.77. The van der Waals surface area contributed by atoms with E-state index >= 15 is 0 Å². The van der Waals surface area contributed by atoms with Gasteiger partial charge < -0.3 is 5.32 Å². The molecule has 1 saturated carbocycles. The summed E-state index contributed by atoms with van der Waals surface area (Å²) in [6.07, 6.45) is 11.5. The Bertz CT molecular complexity index is 161. The molecule has 1 nitrogen and oxygen atoms in total. The highest BCUT2D eigenvalue weighted by Crippen LogP contribution is 2.29. The van der Waals surface area contributed by atoms with Crippen LogP contribution in [0.3, 0.4) is 0 Å². The van der Waals surface area contributed by atoms with E-state index in [9.17, 15) is 0 Å². The molecule has 2 unspecified atom stereocenters. The summed E-state index contributed by atoms with van der Waals surface area (Å²) >= 11 is 0. The van der Waals surface area contributed by atoms with Crippen molar-refractivity contribution in [2.24, 2.45) is 11.8 Å². The summed E-state index contributed by atoms with van der Waals surface area (Å²) in [7, 11) is 0. The summed E-state index contributed by atoms with van der Waals surface area (Å²) in [5.74, 6) is 1.86. The molecule has 1 heteroatoms. The fraction of sp³-hybridized carbons (Fsp3) is 1.00. The molecule has 1 aliphatic carbocycles. The standard InChI is InChI=1S/C15H31N/c1-4-9-13(3)15(16-5-2)12-14-10-7-6-8-11-14/h13-16H,4-12H2,1-3H3. The van der Waals surface area contributed by atoms with Crippen molar-refractivity contribution >= 4 is 0 Å². The van der Waals surface area contributed by atoms with E-state index in [1.54, 1.807) is 0 Å². The lowest BCUT2D eigenvalue weighted by molar-refractivity contribution is 0.252. The van der Waals surface area contributed by atoms with Crippen molar-refractivity contribution in [1.82, 2.24) is 5.32 Å². The Morgan fingerprint density at radius 1 is 1.12 bits per heavy atom. The fourth-order valence-electron chi connectivity index (χ4n) is 3.22. The van der Waals surface area contributed by atoms with Crippen LogP contribution in [0.4, 0.5) is 0 Å². The van der Waals surface area contributed by atoms with Crippen LogP contribution in [0.2, 0.25) is 0 Å². The topological polar surface area (TPSA) is 12.0 Å². The third kappa shape index (κ3) is 4.86. The summed E-state index contributed by atoms with van der Waals surface area (Å²) in [6, 6.07) is 0.771. The Morgan fingerprint density at radius 2 is 1.81 bits per heavy atom. The Labute approximate surface area is 102 Å². The van der Waals surface area contributed by atoms with Gasteiger partial charge in [-0.2, -0.15) is 0 Å². The molecule has 1 aliphatic rings. The summed E-state index contributed by atoms with van der Waals surface area (Å²) in [5, 5.41) is 3.71. The second-order valence-corrected chi connectivity index (χ2v) is 5.67. The van der Waals surface area contributed by atoms with E-state index in [2.05, 4.69) is 26.1 Å². The lowest BCUT2D eigenvalue weighted by atomic mass is 9.81. The average Bonchev–Trinajstić information content (AvgIpc) is 2.30. The third-order valence-electron chi connectivity index (χ3n) is 4.21. The Morgan fingerprint density at radius 3 is 2.38 bits per heavy atom. The molecule has 0 radical (unpaired) electrons. The highest BCUT2D eigenvalue weighted by atomic mass is 14.9. The molecule has 0 heterocycles. The molecule has 1 N–H and O–H groups in total. The monoisotopic (exact) mass is 225 g/mol. The van der Waals surface area contributed by atoms with Crippen LogP contribution in [0.5, 0.6) is 0 Å². The van der Waals surface area contributed by atoms with Gasteiger partial charge in [0.2, 0.25) is 0 Å². The first kappa shape index (κ1) is 14.0. The first-order valence-electron chi connectivity index (χ1n) is 7.51. The van der Waals surface area contributed by atoms with Gasteiger partial charge in [0.05, 0.1) is 0 Å². The van der Waals surface area contributed by atoms with E-state index in [1.165, 1.54) is 51.4 Å². The van der Waals surface area contributed by atoms with Crippen LogP contribution in [0.1, 0.15) is 72.1 Å². The molecule has 1 rings (SSSR count). The van der Waals surface area contributed by atoms with Crippen molar-refractivity contribution in [2.45, 2.75) is 78.2 Å². The van der Waals surface area contributed by atoms with E-state index in [1.807, 2.05) is 0 Å². The van der Waals surface area contributed by atoms with Crippen LogP contribution in [0, 0.1) is 11.8 Å². The van der Waals surface area contributed by atoms with E-state index in [4.69, 9.17) is 0 Å². The van der Waals surface area contributed by atoms with Gasteiger partial charge in [0.15, 0.2) is 0 Å². The predicted molar refractivity (Wildman–Crippen MR) is 72.7 cm³/mol. The minimum absolute atomic E-state index is 0.771. The van der Waals surface area contributed by atoms with Crippen LogP contribution in [0.15, 0.2) is 0 Å². The van der Waals surface area contributed by atoms with Gasteiger partial charge in [0, 0.05) is 6.04 Å². The lowest BCUT2D eigenvalue weighted by Crippen LogP contribution is -2.37.